The average molecular weight is 381 g/mol. The van der Waals surface area contributed by atoms with E-state index in [4.69, 9.17) is 4.74 Å². The second-order valence-electron chi connectivity index (χ2n) is 4.81. The summed E-state index contributed by atoms with van der Waals surface area (Å²) in [6.07, 6.45) is 1.03. The lowest BCUT2D eigenvalue weighted by Crippen LogP contribution is -2.01. The Morgan fingerprint density at radius 1 is 1.15 bits per heavy atom. The van der Waals surface area contributed by atoms with Crippen molar-refractivity contribution in [2.24, 2.45) is 0 Å². The van der Waals surface area contributed by atoms with E-state index in [-0.39, 0.29) is 0 Å². The summed E-state index contributed by atoms with van der Waals surface area (Å²) in [6.45, 7) is 5.82. The van der Waals surface area contributed by atoms with Crippen molar-refractivity contribution in [3.05, 3.63) is 57.2 Å². The lowest BCUT2D eigenvalue weighted by atomic mass is 10.2. The first kappa shape index (κ1) is 15.2. The molecule has 0 amide bonds. The van der Waals surface area contributed by atoms with Gasteiger partial charge in [0.1, 0.15) is 5.75 Å². The quantitative estimate of drug-likeness (QED) is 0.711. The number of nitrogens with one attached hydrogen (secondary N) is 1. The van der Waals surface area contributed by atoms with Gasteiger partial charge in [-0.05, 0) is 71.3 Å². The lowest BCUT2D eigenvalue weighted by molar-refractivity contribution is 0.317. The molecule has 2 rings (SSSR count). The van der Waals surface area contributed by atoms with Crippen molar-refractivity contribution in [2.75, 3.05) is 11.9 Å². The first-order chi connectivity index (χ1) is 9.69. The van der Waals surface area contributed by atoms with E-state index in [9.17, 15) is 0 Å². The van der Waals surface area contributed by atoms with Gasteiger partial charge in [0.05, 0.1) is 6.61 Å². The van der Waals surface area contributed by atoms with E-state index < -0.39 is 0 Å². The van der Waals surface area contributed by atoms with Crippen LogP contribution in [-0.2, 0) is 6.54 Å². The van der Waals surface area contributed by atoms with Crippen LogP contribution in [0.15, 0.2) is 42.5 Å². The van der Waals surface area contributed by atoms with Crippen LogP contribution >= 0.6 is 22.6 Å². The molecule has 0 radical (unpaired) electrons. The van der Waals surface area contributed by atoms with Crippen molar-refractivity contribution in [3.63, 3.8) is 0 Å². The topological polar surface area (TPSA) is 21.3 Å². The molecule has 0 saturated carbocycles. The summed E-state index contributed by atoms with van der Waals surface area (Å²) < 4.78 is 6.94. The fourth-order valence-corrected chi connectivity index (χ4v) is 2.39. The second-order valence-corrected chi connectivity index (χ2v) is 5.98. The second kappa shape index (κ2) is 7.53. The van der Waals surface area contributed by atoms with Gasteiger partial charge >= 0.3 is 0 Å². The standard InChI is InChI=1S/C17H20INO/c1-3-9-20-16-6-4-5-14(10-16)12-19-15-8-7-13(2)17(18)11-15/h4-8,10-11,19H,3,9,12H2,1-2H3. The van der Waals surface area contributed by atoms with Gasteiger partial charge in [0.25, 0.3) is 0 Å². The van der Waals surface area contributed by atoms with Crippen molar-refractivity contribution in [1.29, 1.82) is 0 Å². The average Bonchev–Trinajstić information content (AvgIpc) is 2.47. The Hall–Kier alpha value is -1.23. The van der Waals surface area contributed by atoms with Gasteiger partial charge in [-0.2, -0.15) is 0 Å². The van der Waals surface area contributed by atoms with Crippen LogP contribution in [0.2, 0.25) is 0 Å². The zero-order valence-electron chi connectivity index (χ0n) is 11.9. The van der Waals surface area contributed by atoms with Crippen molar-refractivity contribution in [3.8, 4) is 5.75 Å². The number of halogens is 1. The molecule has 0 spiro atoms. The SMILES string of the molecule is CCCOc1cccc(CNc2ccc(C)c(I)c2)c1. The number of hydrogen-bond donors (Lipinski definition) is 1. The molecule has 0 heterocycles. The van der Waals surface area contributed by atoms with Crippen LogP contribution in [-0.4, -0.2) is 6.61 Å². The van der Waals surface area contributed by atoms with E-state index in [0.29, 0.717) is 0 Å². The molecule has 0 bridgehead atoms. The number of aryl methyl sites for hydroxylation is 1. The maximum Gasteiger partial charge on any atom is 0.119 e. The van der Waals surface area contributed by atoms with Crippen LogP contribution in [0.25, 0.3) is 0 Å². The third-order valence-electron chi connectivity index (χ3n) is 3.04. The van der Waals surface area contributed by atoms with Crippen molar-refractivity contribution in [1.82, 2.24) is 0 Å². The fraction of sp³-hybridized carbons (Fsp3) is 0.294. The highest BCUT2D eigenvalue weighted by atomic mass is 127. The smallest absolute Gasteiger partial charge is 0.119 e. The summed E-state index contributed by atoms with van der Waals surface area (Å²) in [7, 11) is 0. The minimum Gasteiger partial charge on any atom is -0.494 e. The van der Waals surface area contributed by atoms with E-state index >= 15 is 0 Å². The van der Waals surface area contributed by atoms with Crippen LogP contribution in [0.3, 0.4) is 0 Å². The van der Waals surface area contributed by atoms with Gasteiger partial charge in [-0.1, -0.05) is 25.1 Å². The molecule has 0 unspecified atom stereocenters. The molecule has 0 aliphatic rings. The molecular weight excluding hydrogens is 361 g/mol. The van der Waals surface area contributed by atoms with Crippen LogP contribution in [0.4, 0.5) is 5.69 Å². The lowest BCUT2D eigenvalue weighted by Gasteiger charge is -2.10. The molecule has 2 aromatic carbocycles. The fourth-order valence-electron chi connectivity index (χ4n) is 1.87. The number of anilines is 1. The van der Waals surface area contributed by atoms with Crippen LogP contribution in [0.5, 0.6) is 5.75 Å². The minimum absolute atomic E-state index is 0.771. The Morgan fingerprint density at radius 2 is 2.00 bits per heavy atom. The van der Waals surface area contributed by atoms with Gasteiger partial charge in [-0.25, -0.2) is 0 Å². The predicted molar refractivity (Wildman–Crippen MR) is 93.5 cm³/mol. The molecule has 3 heteroatoms. The first-order valence-electron chi connectivity index (χ1n) is 6.91. The van der Waals surface area contributed by atoms with Crippen molar-refractivity contribution < 1.29 is 4.74 Å². The molecule has 106 valence electrons. The largest absolute Gasteiger partial charge is 0.494 e. The Kier molecular flexibility index (Phi) is 5.71. The summed E-state index contributed by atoms with van der Waals surface area (Å²) in [5, 5.41) is 3.45. The summed E-state index contributed by atoms with van der Waals surface area (Å²) in [4.78, 5) is 0. The molecule has 2 nitrogen and oxygen atoms in total. The highest BCUT2D eigenvalue weighted by molar-refractivity contribution is 14.1. The molecule has 20 heavy (non-hydrogen) atoms. The summed E-state index contributed by atoms with van der Waals surface area (Å²) >= 11 is 2.36. The summed E-state index contributed by atoms with van der Waals surface area (Å²) in [5.74, 6) is 0.949. The molecule has 1 N–H and O–H groups in total. The normalized spacial score (nSPS) is 10.3. The maximum absolute atomic E-state index is 5.65. The first-order valence-corrected chi connectivity index (χ1v) is 7.98. The van der Waals surface area contributed by atoms with E-state index in [1.807, 2.05) is 12.1 Å². The number of hydrogen-bond acceptors (Lipinski definition) is 2. The summed E-state index contributed by atoms with van der Waals surface area (Å²) in [6, 6.07) is 14.7. The van der Waals surface area contributed by atoms with Crippen molar-refractivity contribution >= 4 is 28.3 Å². The molecular formula is C17H20INO. The van der Waals surface area contributed by atoms with Crippen LogP contribution < -0.4 is 10.1 Å². The van der Waals surface area contributed by atoms with Gasteiger partial charge in [-0.3, -0.25) is 0 Å². The van der Waals surface area contributed by atoms with Gasteiger partial charge in [0, 0.05) is 15.8 Å². The molecule has 2 aromatic rings. The van der Waals surface area contributed by atoms with Gasteiger partial charge < -0.3 is 10.1 Å². The highest BCUT2D eigenvalue weighted by Crippen LogP contribution is 2.19. The van der Waals surface area contributed by atoms with E-state index in [1.54, 1.807) is 0 Å². The third kappa shape index (κ3) is 4.40. The molecule has 0 aliphatic carbocycles. The Balaban J connectivity index is 1.97. The molecule has 0 aliphatic heterocycles. The predicted octanol–water partition coefficient (Wildman–Crippen LogP) is 5.00. The van der Waals surface area contributed by atoms with E-state index in [0.717, 1.165) is 31.0 Å². The third-order valence-corrected chi connectivity index (χ3v) is 4.20. The van der Waals surface area contributed by atoms with E-state index in [1.165, 1.54) is 14.7 Å². The Bertz CT molecular complexity index is 569. The Labute approximate surface area is 134 Å². The molecule has 0 saturated heterocycles. The zero-order valence-corrected chi connectivity index (χ0v) is 14.1. The zero-order chi connectivity index (χ0) is 14.4. The van der Waals surface area contributed by atoms with Gasteiger partial charge in [0.2, 0.25) is 0 Å². The number of benzene rings is 2. The van der Waals surface area contributed by atoms with Crippen molar-refractivity contribution in [2.45, 2.75) is 26.8 Å². The number of rotatable bonds is 6. The number of ether oxygens (including phenoxy) is 1. The van der Waals surface area contributed by atoms with Gasteiger partial charge in [-0.15, -0.1) is 0 Å². The summed E-state index contributed by atoms with van der Waals surface area (Å²) in [5.41, 5.74) is 3.69. The molecule has 0 aromatic heterocycles. The maximum atomic E-state index is 5.65. The van der Waals surface area contributed by atoms with E-state index in [2.05, 4.69) is 72.1 Å². The minimum atomic E-state index is 0.771. The Morgan fingerprint density at radius 3 is 2.75 bits per heavy atom. The van der Waals surface area contributed by atoms with Crippen LogP contribution in [0, 0.1) is 10.5 Å². The molecule has 0 atom stereocenters. The highest BCUT2D eigenvalue weighted by Gasteiger charge is 1.99. The monoisotopic (exact) mass is 381 g/mol. The van der Waals surface area contributed by atoms with Gasteiger partial charge in [0.15, 0.2) is 0 Å². The molecule has 0 fully saturated rings. The van der Waals surface area contributed by atoms with Crippen LogP contribution in [0.1, 0.15) is 24.5 Å².